The summed E-state index contributed by atoms with van der Waals surface area (Å²) in [7, 11) is 0. The minimum atomic E-state index is -0.0127. The van der Waals surface area contributed by atoms with E-state index in [-0.39, 0.29) is 6.10 Å². The van der Waals surface area contributed by atoms with Crippen LogP contribution in [0.15, 0.2) is 0 Å². The summed E-state index contributed by atoms with van der Waals surface area (Å²) in [5.41, 5.74) is 0. The molecule has 0 radical (unpaired) electrons. The van der Waals surface area contributed by atoms with Gasteiger partial charge in [-0.1, -0.05) is 22.4 Å². The van der Waals surface area contributed by atoms with E-state index >= 15 is 0 Å². The molecular weight excluding hydrogens is 254 g/mol. The van der Waals surface area contributed by atoms with Crippen LogP contribution in [0, 0.1) is 0 Å². The number of rotatable bonds is 5. The third-order valence-electron chi connectivity index (χ3n) is 3.91. The number of aliphatic hydroxyl groups excluding tert-OH is 1. The lowest BCUT2D eigenvalue weighted by atomic mass is 9.99. The Morgan fingerprint density at radius 2 is 1.73 bits per heavy atom. The number of nitrogens with zero attached hydrogens (tertiary/aromatic N) is 1. The summed E-state index contributed by atoms with van der Waals surface area (Å²) in [6, 6.07) is 1.39. The zero-order chi connectivity index (χ0) is 10.7. The Morgan fingerprint density at radius 1 is 1.07 bits per heavy atom. The zero-order valence-electron chi connectivity index (χ0n) is 9.37. The van der Waals surface area contributed by atoms with E-state index in [1.165, 1.54) is 38.6 Å². The molecule has 2 rings (SSSR count). The van der Waals surface area contributed by atoms with E-state index in [2.05, 4.69) is 20.8 Å². The second-order valence-corrected chi connectivity index (χ2v) is 5.79. The smallest absolute Gasteiger partial charge is 0.0570 e. The van der Waals surface area contributed by atoms with Crippen LogP contribution in [-0.4, -0.2) is 40.1 Å². The summed E-state index contributed by atoms with van der Waals surface area (Å²) in [5.74, 6) is 0. The topological polar surface area (TPSA) is 23.5 Å². The third-order valence-corrected chi connectivity index (χ3v) is 4.47. The molecule has 0 aliphatic carbocycles. The van der Waals surface area contributed by atoms with Gasteiger partial charge in [0.05, 0.1) is 6.10 Å². The van der Waals surface area contributed by atoms with Gasteiger partial charge in [0.1, 0.15) is 0 Å². The predicted octanol–water partition coefficient (Wildman–Crippen LogP) is 2.54. The van der Waals surface area contributed by atoms with Crippen molar-refractivity contribution >= 4 is 15.9 Å². The van der Waals surface area contributed by atoms with Gasteiger partial charge in [0.25, 0.3) is 0 Å². The summed E-state index contributed by atoms with van der Waals surface area (Å²) in [5, 5.41) is 10.8. The van der Waals surface area contributed by atoms with Gasteiger partial charge in [-0.3, -0.25) is 4.90 Å². The van der Waals surface area contributed by atoms with Crippen molar-refractivity contribution in [2.75, 3.05) is 11.9 Å². The highest BCUT2D eigenvalue weighted by atomic mass is 79.9. The van der Waals surface area contributed by atoms with Gasteiger partial charge in [0, 0.05) is 17.4 Å². The Balaban J connectivity index is 1.74. The van der Waals surface area contributed by atoms with Crippen molar-refractivity contribution in [2.24, 2.45) is 0 Å². The first-order valence-electron chi connectivity index (χ1n) is 6.31. The summed E-state index contributed by atoms with van der Waals surface area (Å²) < 4.78 is 0. The molecule has 1 N–H and O–H groups in total. The fourth-order valence-electron chi connectivity index (χ4n) is 3.18. The maximum absolute atomic E-state index is 9.68. The number of hydrogen-bond donors (Lipinski definition) is 1. The van der Waals surface area contributed by atoms with Crippen LogP contribution in [-0.2, 0) is 0 Å². The van der Waals surface area contributed by atoms with Gasteiger partial charge in [-0.15, -0.1) is 0 Å². The molecule has 0 spiro atoms. The van der Waals surface area contributed by atoms with Crippen molar-refractivity contribution in [2.45, 2.75) is 63.1 Å². The zero-order valence-corrected chi connectivity index (χ0v) is 11.0. The van der Waals surface area contributed by atoms with E-state index < -0.39 is 0 Å². The molecular formula is C12H22BrNO. The molecule has 0 amide bonds. The van der Waals surface area contributed by atoms with Crippen LogP contribution in [0.4, 0.5) is 0 Å². The molecule has 3 heteroatoms. The number of unbranched alkanes of at least 4 members (excludes halogenated alkanes) is 2. The summed E-state index contributed by atoms with van der Waals surface area (Å²) >= 11 is 3.47. The Bertz CT molecular complexity index is 186. The van der Waals surface area contributed by atoms with E-state index in [9.17, 15) is 5.11 Å². The van der Waals surface area contributed by atoms with E-state index in [4.69, 9.17) is 0 Å². The van der Waals surface area contributed by atoms with Gasteiger partial charge in [-0.2, -0.15) is 0 Å². The van der Waals surface area contributed by atoms with Crippen LogP contribution in [0.2, 0.25) is 0 Å². The summed E-state index contributed by atoms with van der Waals surface area (Å²) in [4.78, 5) is 2.67. The van der Waals surface area contributed by atoms with Crippen molar-refractivity contribution in [3.8, 4) is 0 Å². The number of alkyl halides is 1. The van der Waals surface area contributed by atoms with E-state index in [0.29, 0.717) is 12.1 Å². The Morgan fingerprint density at radius 3 is 2.33 bits per heavy atom. The lowest BCUT2D eigenvalue weighted by Gasteiger charge is -2.37. The van der Waals surface area contributed by atoms with Crippen LogP contribution in [0.5, 0.6) is 0 Å². The van der Waals surface area contributed by atoms with Gasteiger partial charge in [0.15, 0.2) is 0 Å². The van der Waals surface area contributed by atoms with Crippen LogP contribution in [0.1, 0.15) is 44.9 Å². The second kappa shape index (κ2) is 5.65. The number of halogens is 1. The number of aliphatic hydroxyl groups is 1. The van der Waals surface area contributed by atoms with Gasteiger partial charge in [-0.25, -0.2) is 0 Å². The SMILES string of the molecule is OC1CC2CCC(C1)N2CCCCCBr. The average molecular weight is 276 g/mol. The summed E-state index contributed by atoms with van der Waals surface area (Å²) in [6.45, 7) is 1.26. The first-order chi connectivity index (χ1) is 7.31. The normalized spacial score (nSPS) is 36.0. The molecule has 88 valence electrons. The Kier molecular flexibility index (Phi) is 4.47. The van der Waals surface area contributed by atoms with Crippen molar-refractivity contribution in [3.05, 3.63) is 0 Å². The maximum Gasteiger partial charge on any atom is 0.0570 e. The molecule has 2 aliphatic rings. The van der Waals surface area contributed by atoms with Gasteiger partial charge in [0.2, 0.25) is 0 Å². The molecule has 15 heavy (non-hydrogen) atoms. The first-order valence-corrected chi connectivity index (χ1v) is 7.43. The molecule has 0 aromatic heterocycles. The largest absolute Gasteiger partial charge is 0.393 e. The Labute approximate surface area is 101 Å². The molecule has 2 bridgehead atoms. The van der Waals surface area contributed by atoms with Crippen molar-refractivity contribution in [3.63, 3.8) is 0 Å². The van der Waals surface area contributed by atoms with Crippen LogP contribution in [0.25, 0.3) is 0 Å². The molecule has 2 unspecified atom stereocenters. The van der Waals surface area contributed by atoms with E-state index in [1.54, 1.807) is 0 Å². The highest BCUT2D eigenvalue weighted by Crippen LogP contribution is 2.35. The molecule has 0 saturated carbocycles. The van der Waals surface area contributed by atoms with Crippen molar-refractivity contribution in [1.29, 1.82) is 0 Å². The number of hydrogen-bond acceptors (Lipinski definition) is 2. The number of piperidine rings is 1. The van der Waals surface area contributed by atoms with Gasteiger partial charge >= 0.3 is 0 Å². The fraction of sp³-hybridized carbons (Fsp3) is 1.00. The van der Waals surface area contributed by atoms with E-state index in [1.807, 2.05) is 0 Å². The average Bonchev–Trinajstić information content (AvgIpc) is 2.46. The minimum absolute atomic E-state index is 0.0127. The fourth-order valence-corrected chi connectivity index (χ4v) is 3.57. The van der Waals surface area contributed by atoms with Gasteiger partial charge < -0.3 is 5.11 Å². The monoisotopic (exact) mass is 275 g/mol. The highest BCUT2D eigenvalue weighted by molar-refractivity contribution is 9.09. The molecule has 2 nitrogen and oxygen atoms in total. The van der Waals surface area contributed by atoms with Crippen LogP contribution in [0.3, 0.4) is 0 Å². The summed E-state index contributed by atoms with van der Waals surface area (Å²) in [6.07, 6.45) is 8.63. The van der Waals surface area contributed by atoms with Crippen molar-refractivity contribution < 1.29 is 5.11 Å². The predicted molar refractivity (Wildman–Crippen MR) is 66.4 cm³/mol. The molecule has 0 aromatic rings. The van der Waals surface area contributed by atoms with Crippen LogP contribution >= 0.6 is 15.9 Å². The van der Waals surface area contributed by atoms with Crippen molar-refractivity contribution in [1.82, 2.24) is 4.90 Å². The maximum atomic E-state index is 9.68. The van der Waals surface area contributed by atoms with Gasteiger partial charge in [-0.05, 0) is 45.1 Å². The molecule has 2 aliphatic heterocycles. The molecule has 2 saturated heterocycles. The highest BCUT2D eigenvalue weighted by Gasteiger charge is 2.39. The molecule has 2 atom stereocenters. The minimum Gasteiger partial charge on any atom is -0.393 e. The lowest BCUT2D eigenvalue weighted by molar-refractivity contribution is 0.0347. The molecule has 2 heterocycles. The third kappa shape index (κ3) is 2.95. The molecule has 0 aromatic carbocycles. The standard InChI is InChI=1S/C12H22BrNO/c13-6-2-1-3-7-14-10-4-5-11(14)9-12(15)8-10/h10-12,15H,1-9H2. The van der Waals surface area contributed by atoms with Crippen LogP contribution < -0.4 is 0 Å². The molecule has 2 fully saturated rings. The Hall–Kier alpha value is 0.400. The van der Waals surface area contributed by atoms with E-state index in [0.717, 1.165) is 18.2 Å². The lowest BCUT2D eigenvalue weighted by Crippen LogP contribution is -2.44. The number of fused-ring (bicyclic) bond motifs is 2. The second-order valence-electron chi connectivity index (χ2n) is 5.00. The quantitative estimate of drug-likeness (QED) is 0.616. The first kappa shape index (κ1) is 11.9.